The highest BCUT2D eigenvalue weighted by Crippen LogP contribution is 2.20. The first-order chi connectivity index (χ1) is 13.7. The number of nitrogens with zero attached hydrogens (tertiary/aromatic N) is 5. The van der Waals surface area contributed by atoms with Gasteiger partial charge in [0, 0.05) is 0 Å². The van der Waals surface area contributed by atoms with Gasteiger partial charge in [0.05, 0.1) is 23.0 Å². The first-order valence-corrected chi connectivity index (χ1v) is 8.98. The lowest BCUT2D eigenvalue weighted by atomic mass is 10.1. The van der Waals surface area contributed by atoms with Crippen LogP contribution in [0.3, 0.4) is 0 Å². The Balaban J connectivity index is 1.61. The van der Waals surface area contributed by atoms with Crippen molar-refractivity contribution in [3.63, 3.8) is 0 Å². The molecule has 0 bridgehead atoms. The van der Waals surface area contributed by atoms with Gasteiger partial charge in [-0.25, -0.2) is 4.68 Å². The number of carbonyl (C=O) groups excluding carboxylic acids is 1. The molecule has 1 unspecified atom stereocenters. The molecule has 1 N–H and O–H groups in total. The van der Waals surface area contributed by atoms with E-state index in [0.29, 0.717) is 5.69 Å². The molecule has 2 aromatic heterocycles. The summed E-state index contributed by atoms with van der Waals surface area (Å²) < 4.78 is 8.59. The van der Waals surface area contributed by atoms with E-state index in [1.165, 1.54) is 24.0 Å². The van der Waals surface area contributed by atoms with Crippen LogP contribution in [0.1, 0.15) is 29.8 Å². The van der Waals surface area contributed by atoms with Crippen LogP contribution in [0, 0.1) is 30.9 Å². The maximum absolute atomic E-state index is 12.5. The van der Waals surface area contributed by atoms with Crippen LogP contribution >= 0.6 is 0 Å². The van der Waals surface area contributed by atoms with E-state index in [2.05, 4.69) is 15.5 Å². The van der Waals surface area contributed by atoms with E-state index in [9.17, 15) is 14.9 Å². The molecule has 2 heterocycles. The minimum atomic E-state index is -0.725. The number of carbonyl (C=O) groups is 1. The molecule has 0 saturated carbocycles. The molecule has 0 aliphatic rings. The highest BCUT2D eigenvalue weighted by molar-refractivity contribution is 5.93. The fraction of sp³-hybridized carbons (Fsp3) is 0.316. The lowest BCUT2D eigenvalue weighted by molar-refractivity contribution is -0.385. The van der Waals surface area contributed by atoms with Crippen LogP contribution in [0.25, 0.3) is 0 Å². The third-order valence-corrected chi connectivity index (χ3v) is 4.45. The largest absolute Gasteiger partial charge is 0.471 e. The number of nitrogens with one attached hydrogen (secondary N) is 1. The van der Waals surface area contributed by atoms with E-state index in [4.69, 9.17) is 4.74 Å². The standard InChI is InChI=1S/C19H22N6O4/c1-12-5-6-18(13(2)7-12)29-11-23-9-16(8-20-23)21-19(26)15(4)24-10-17(25(27)28)14(3)22-24/h5-10,15H,11H2,1-4H3,(H,21,26). The Labute approximate surface area is 167 Å². The van der Waals surface area contributed by atoms with Crippen molar-refractivity contribution in [3.8, 4) is 5.75 Å². The van der Waals surface area contributed by atoms with E-state index in [0.717, 1.165) is 16.9 Å². The van der Waals surface area contributed by atoms with Crippen molar-refractivity contribution in [3.05, 3.63) is 63.7 Å². The average molecular weight is 398 g/mol. The summed E-state index contributed by atoms with van der Waals surface area (Å²) in [6, 6.07) is 5.19. The molecule has 10 heteroatoms. The van der Waals surface area contributed by atoms with Gasteiger partial charge in [-0.15, -0.1) is 0 Å². The van der Waals surface area contributed by atoms with Crippen molar-refractivity contribution >= 4 is 17.3 Å². The molecule has 152 valence electrons. The van der Waals surface area contributed by atoms with Gasteiger partial charge in [-0.3, -0.25) is 19.6 Å². The number of nitro groups is 1. The van der Waals surface area contributed by atoms with Gasteiger partial charge in [0.2, 0.25) is 5.91 Å². The van der Waals surface area contributed by atoms with E-state index >= 15 is 0 Å². The molecule has 3 rings (SSSR count). The Bertz CT molecular complexity index is 1050. The van der Waals surface area contributed by atoms with E-state index in [1.807, 2.05) is 32.0 Å². The summed E-state index contributed by atoms with van der Waals surface area (Å²) in [4.78, 5) is 22.9. The number of amides is 1. The second-order valence-corrected chi connectivity index (χ2v) is 6.81. The maximum Gasteiger partial charge on any atom is 0.309 e. The molecular formula is C19H22N6O4. The first kappa shape index (κ1) is 20.1. The third kappa shape index (κ3) is 4.60. The molecule has 3 aromatic rings. The highest BCUT2D eigenvalue weighted by Gasteiger charge is 2.22. The zero-order valence-corrected chi connectivity index (χ0v) is 16.6. The van der Waals surface area contributed by atoms with Crippen LogP contribution in [0.2, 0.25) is 0 Å². The summed E-state index contributed by atoms with van der Waals surface area (Å²) >= 11 is 0. The van der Waals surface area contributed by atoms with Gasteiger partial charge in [-0.05, 0) is 39.3 Å². The normalized spacial score (nSPS) is 11.9. The van der Waals surface area contributed by atoms with Crippen LogP contribution in [-0.2, 0) is 11.5 Å². The minimum absolute atomic E-state index is 0.124. The number of benzene rings is 1. The number of aryl methyl sites for hydroxylation is 3. The average Bonchev–Trinajstić information content (AvgIpc) is 3.26. The molecule has 0 aliphatic heterocycles. The fourth-order valence-electron chi connectivity index (χ4n) is 2.81. The molecule has 10 nitrogen and oxygen atoms in total. The van der Waals surface area contributed by atoms with Gasteiger partial charge in [-0.2, -0.15) is 10.2 Å². The van der Waals surface area contributed by atoms with Crippen molar-refractivity contribution in [2.45, 2.75) is 40.5 Å². The quantitative estimate of drug-likeness (QED) is 0.483. The maximum atomic E-state index is 12.5. The molecule has 1 amide bonds. The molecular weight excluding hydrogens is 376 g/mol. The Hall–Kier alpha value is -3.69. The number of hydrogen-bond acceptors (Lipinski definition) is 6. The van der Waals surface area contributed by atoms with Gasteiger partial charge in [-0.1, -0.05) is 17.7 Å². The number of hydrogen-bond donors (Lipinski definition) is 1. The summed E-state index contributed by atoms with van der Waals surface area (Å²) in [7, 11) is 0. The van der Waals surface area contributed by atoms with Crippen molar-refractivity contribution in [2.75, 3.05) is 5.32 Å². The van der Waals surface area contributed by atoms with E-state index < -0.39 is 11.0 Å². The molecule has 29 heavy (non-hydrogen) atoms. The van der Waals surface area contributed by atoms with Crippen LogP contribution in [0.4, 0.5) is 11.4 Å². The van der Waals surface area contributed by atoms with Crippen molar-refractivity contribution in [2.24, 2.45) is 0 Å². The van der Waals surface area contributed by atoms with E-state index in [1.54, 1.807) is 17.8 Å². The van der Waals surface area contributed by atoms with Gasteiger partial charge < -0.3 is 10.1 Å². The smallest absolute Gasteiger partial charge is 0.309 e. The highest BCUT2D eigenvalue weighted by atomic mass is 16.6. The van der Waals surface area contributed by atoms with Crippen LogP contribution in [0.15, 0.2) is 36.8 Å². The Morgan fingerprint density at radius 3 is 2.72 bits per heavy atom. The molecule has 1 atom stereocenters. The van der Waals surface area contributed by atoms with Crippen molar-refractivity contribution in [1.82, 2.24) is 19.6 Å². The number of rotatable bonds is 7. The summed E-state index contributed by atoms with van der Waals surface area (Å²) in [5, 5.41) is 21.9. The van der Waals surface area contributed by atoms with Crippen LogP contribution in [0.5, 0.6) is 5.75 Å². The summed E-state index contributed by atoms with van der Waals surface area (Å²) in [6.07, 6.45) is 4.40. The molecule has 0 saturated heterocycles. The monoisotopic (exact) mass is 398 g/mol. The predicted molar refractivity (Wildman–Crippen MR) is 106 cm³/mol. The van der Waals surface area contributed by atoms with Gasteiger partial charge in [0.15, 0.2) is 6.73 Å². The lowest BCUT2D eigenvalue weighted by Gasteiger charge is -2.11. The molecule has 0 radical (unpaired) electrons. The molecule has 0 aliphatic carbocycles. The first-order valence-electron chi connectivity index (χ1n) is 8.98. The summed E-state index contributed by atoms with van der Waals surface area (Å²) in [5.41, 5.74) is 2.81. The zero-order valence-electron chi connectivity index (χ0n) is 16.6. The topological polar surface area (TPSA) is 117 Å². The van der Waals surface area contributed by atoms with Crippen LogP contribution < -0.4 is 10.1 Å². The Morgan fingerprint density at radius 2 is 2.07 bits per heavy atom. The third-order valence-electron chi connectivity index (χ3n) is 4.45. The van der Waals surface area contributed by atoms with Crippen molar-refractivity contribution < 1.29 is 14.5 Å². The van der Waals surface area contributed by atoms with Gasteiger partial charge in [0.1, 0.15) is 23.7 Å². The molecule has 0 fully saturated rings. The molecule has 1 aromatic carbocycles. The number of anilines is 1. The Morgan fingerprint density at radius 1 is 1.31 bits per heavy atom. The summed E-state index contributed by atoms with van der Waals surface area (Å²) in [6.45, 7) is 7.32. The molecule has 0 spiro atoms. The van der Waals surface area contributed by atoms with Gasteiger partial charge in [0.25, 0.3) is 0 Å². The summed E-state index contributed by atoms with van der Waals surface area (Å²) in [5.74, 6) is 0.401. The SMILES string of the molecule is Cc1ccc(OCn2cc(NC(=O)C(C)n3cc([N+](=O)[O-])c(C)n3)cn2)c(C)c1. The Kier molecular flexibility index (Phi) is 5.62. The lowest BCUT2D eigenvalue weighted by Crippen LogP contribution is -2.24. The van der Waals surface area contributed by atoms with Crippen LogP contribution in [-0.4, -0.2) is 30.4 Å². The van der Waals surface area contributed by atoms with Gasteiger partial charge >= 0.3 is 5.69 Å². The number of ether oxygens (including phenoxy) is 1. The zero-order chi connectivity index (χ0) is 21.1. The second kappa shape index (κ2) is 8.13. The van der Waals surface area contributed by atoms with Crippen molar-refractivity contribution in [1.29, 1.82) is 0 Å². The fourth-order valence-corrected chi connectivity index (χ4v) is 2.81. The second-order valence-electron chi connectivity index (χ2n) is 6.81. The van der Waals surface area contributed by atoms with E-state index in [-0.39, 0.29) is 24.0 Å². The minimum Gasteiger partial charge on any atom is -0.471 e. The number of aromatic nitrogens is 4. The predicted octanol–water partition coefficient (Wildman–Crippen LogP) is 3.15.